The maximum atomic E-state index is 5.72. The number of fused-ring (bicyclic) bond motifs is 1. The number of hydrogen-bond acceptors (Lipinski definition) is 3. The summed E-state index contributed by atoms with van der Waals surface area (Å²) in [6.45, 7) is 9.41. The number of nitrogens with one attached hydrogen (secondary N) is 1. The predicted octanol–water partition coefficient (Wildman–Crippen LogP) is 2.88. The average Bonchev–Trinajstić information content (AvgIpc) is 2.61. The van der Waals surface area contributed by atoms with E-state index in [0.29, 0.717) is 6.61 Å². The molecule has 0 saturated carbocycles. The van der Waals surface area contributed by atoms with Crippen molar-refractivity contribution in [2.24, 2.45) is 0 Å². The van der Waals surface area contributed by atoms with Crippen LogP contribution in [0.5, 0.6) is 5.75 Å². The van der Waals surface area contributed by atoms with Crippen molar-refractivity contribution in [1.29, 1.82) is 0 Å². The van der Waals surface area contributed by atoms with Gasteiger partial charge in [-0.2, -0.15) is 5.48 Å². The van der Waals surface area contributed by atoms with Gasteiger partial charge in [0.25, 0.3) is 0 Å². The van der Waals surface area contributed by atoms with Crippen LogP contribution >= 0.6 is 0 Å². The van der Waals surface area contributed by atoms with Crippen molar-refractivity contribution in [3.63, 3.8) is 0 Å². The first kappa shape index (κ1) is 12.4. The van der Waals surface area contributed by atoms with Crippen LogP contribution in [0.15, 0.2) is 12.1 Å². The average molecular weight is 235 g/mol. The van der Waals surface area contributed by atoms with Crippen LogP contribution < -0.4 is 10.2 Å². The summed E-state index contributed by atoms with van der Waals surface area (Å²) in [6, 6.07) is 4.58. The van der Waals surface area contributed by atoms with Gasteiger partial charge in [-0.3, -0.25) is 0 Å². The summed E-state index contributed by atoms with van der Waals surface area (Å²) < 4.78 is 5.72. The fourth-order valence-electron chi connectivity index (χ4n) is 2.19. The number of aryl methyl sites for hydroxylation is 1. The smallest absolute Gasteiger partial charge is 0.127 e. The molecule has 17 heavy (non-hydrogen) atoms. The lowest BCUT2D eigenvalue weighted by Gasteiger charge is -2.21. The molecule has 0 saturated heterocycles. The van der Waals surface area contributed by atoms with Crippen LogP contribution in [0.2, 0.25) is 0 Å². The molecule has 0 spiro atoms. The fraction of sp³-hybridized carbons (Fsp3) is 0.571. The molecule has 3 nitrogen and oxygen atoms in total. The Balaban J connectivity index is 2.44. The second-order valence-corrected chi connectivity index (χ2v) is 5.65. The Bertz CT molecular complexity index is 421. The van der Waals surface area contributed by atoms with Crippen molar-refractivity contribution in [3.8, 4) is 5.75 Å². The Morgan fingerprint density at radius 1 is 1.35 bits per heavy atom. The van der Waals surface area contributed by atoms with E-state index in [4.69, 9.17) is 9.57 Å². The van der Waals surface area contributed by atoms with Gasteiger partial charge >= 0.3 is 0 Å². The van der Waals surface area contributed by atoms with Gasteiger partial charge in [-0.15, -0.1) is 0 Å². The second kappa shape index (κ2) is 4.31. The van der Waals surface area contributed by atoms with Crippen molar-refractivity contribution in [1.82, 2.24) is 5.48 Å². The molecule has 1 N–H and O–H groups in total. The quantitative estimate of drug-likeness (QED) is 0.800. The molecule has 1 unspecified atom stereocenters. The molecule has 0 aliphatic carbocycles. The number of ether oxygens (including phenoxy) is 1. The molecule has 3 heteroatoms. The van der Waals surface area contributed by atoms with Gasteiger partial charge in [0.1, 0.15) is 12.4 Å². The van der Waals surface area contributed by atoms with Gasteiger partial charge in [-0.25, -0.2) is 0 Å². The van der Waals surface area contributed by atoms with E-state index >= 15 is 0 Å². The van der Waals surface area contributed by atoms with E-state index in [1.807, 2.05) is 0 Å². The van der Waals surface area contributed by atoms with Gasteiger partial charge in [0.15, 0.2) is 0 Å². The maximum absolute atomic E-state index is 5.72. The zero-order valence-electron chi connectivity index (χ0n) is 11.3. The monoisotopic (exact) mass is 235 g/mol. The molecular formula is C14H21NO2. The van der Waals surface area contributed by atoms with Crippen molar-refractivity contribution < 1.29 is 9.57 Å². The molecule has 1 aliphatic rings. The molecule has 0 aromatic heterocycles. The molecule has 1 aromatic carbocycles. The van der Waals surface area contributed by atoms with Crippen molar-refractivity contribution >= 4 is 0 Å². The largest absolute Gasteiger partial charge is 0.491 e. The summed E-state index contributed by atoms with van der Waals surface area (Å²) in [6.07, 6.45) is 0. The van der Waals surface area contributed by atoms with Gasteiger partial charge in [0, 0.05) is 5.56 Å². The highest BCUT2D eigenvalue weighted by Crippen LogP contribution is 2.38. The first-order chi connectivity index (χ1) is 7.93. The zero-order valence-corrected chi connectivity index (χ0v) is 11.3. The highest BCUT2D eigenvalue weighted by molar-refractivity contribution is 5.49. The lowest BCUT2D eigenvalue weighted by atomic mass is 9.84. The molecule has 1 aliphatic heterocycles. The molecule has 0 fully saturated rings. The Hall–Kier alpha value is -1.06. The molecule has 0 radical (unpaired) electrons. The van der Waals surface area contributed by atoms with E-state index < -0.39 is 0 Å². The van der Waals surface area contributed by atoms with Crippen molar-refractivity contribution in [3.05, 3.63) is 28.8 Å². The van der Waals surface area contributed by atoms with E-state index in [2.05, 4.69) is 45.3 Å². The minimum absolute atomic E-state index is 0.135. The number of hydroxylamine groups is 1. The molecule has 0 bridgehead atoms. The van der Waals surface area contributed by atoms with Crippen LogP contribution in [0, 0.1) is 6.92 Å². The maximum Gasteiger partial charge on any atom is 0.127 e. The van der Waals surface area contributed by atoms with E-state index in [0.717, 1.165) is 5.75 Å². The van der Waals surface area contributed by atoms with Crippen molar-refractivity contribution in [2.75, 3.05) is 13.7 Å². The van der Waals surface area contributed by atoms with Gasteiger partial charge in [0.2, 0.25) is 0 Å². The van der Waals surface area contributed by atoms with Gasteiger partial charge in [0.05, 0.1) is 13.2 Å². The lowest BCUT2D eigenvalue weighted by molar-refractivity contribution is 0.0535. The van der Waals surface area contributed by atoms with E-state index in [1.54, 1.807) is 7.11 Å². The molecule has 0 amide bonds. The minimum atomic E-state index is 0.135. The molecule has 1 heterocycles. The SMILES string of the molecule is CONC1COc2c(C)cc(C(C)(C)C)cc21. The van der Waals surface area contributed by atoms with Gasteiger partial charge in [-0.05, 0) is 29.5 Å². The predicted molar refractivity (Wildman–Crippen MR) is 68.3 cm³/mol. The van der Waals surface area contributed by atoms with Crippen LogP contribution in [-0.4, -0.2) is 13.7 Å². The second-order valence-electron chi connectivity index (χ2n) is 5.65. The third-order valence-corrected chi connectivity index (χ3v) is 3.20. The summed E-state index contributed by atoms with van der Waals surface area (Å²) in [4.78, 5) is 5.02. The topological polar surface area (TPSA) is 30.5 Å². The van der Waals surface area contributed by atoms with E-state index in [1.165, 1.54) is 16.7 Å². The molecule has 2 rings (SSSR count). The van der Waals surface area contributed by atoms with E-state index in [-0.39, 0.29) is 11.5 Å². The Morgan fingerprint density at radius 2 is 2.06 bits per heavy atom. The summed E-state index contributed by atoms with van der Waals surface area (Å²) >= 11 is 0. The Kier molecular flexibility index (Phi) is 3.15. The third-order valence-electron chi connectivity index (χ3n) is 3.20. The first-order valence-corrected chi connectivity index (χ1v) is 6.00. The Labute approximate surface area is 103 Å². The molecular weight excluding hydrogens is 214 g/mol. The summed E-state index contributed by atoms with van der Waals surface area (Å²) in [5, 5.41) is 0. The Morgan fingerprint density at radius 3 is 2.65 bits per heavy atom. The highest BCUT2D eigenvalue weighted by Gasteiger charge is 2.28. The highest BCUT2D eigenvalue weighted by atomic mass is 16.6. The molecule has 94 valence electrons. The van der Waals surface area contributed by atoms with Gasteiger partial charge in [-0.1, -0.05) is 26.8 Å². The van der Waals surface area contributed by atoms with Gasteiger partial charge < -0.3 is 9.57 Å². The molecule has 1 atom stereocenters. The first-order valence-electron chi connectivity index (χ1n) is 6.00. The van der Waals surface area contributed by atoms with Crippen LogP contribution in [0.25, 0.3) is 0 Å². The number of benzene rings is 1. The summed E-state index contributed by atoms with van der Waals surface area (Å²) in [5.74, 6) is 1.01. The molecule has 1 aromatic rings. The minimum Gasteiger partial charge on any atom is -0.491 e. The van der Waals surface area contributed by atoms with E-state index in [9.17, 15) is 0 Å². The van der Waals surface area contributed by atoms with Crippen molar-refractivity contribution in [2.45, 2.75) is 39.2 Å². The normalized spacial score (nSPS) is 19.0. The number of hydrogen-bond donors (Lipinski definition) is 1. The summed E-state index contributed by atoms with van der Waals surface area (Å²) in [5.41, 5.74) is 6.88. The van der Waals surface area contributed by atoms with Crippen LogP contribution in [0.1, 0.15) is 43.5 Å². The van der Waals surface area contributed by atoms with Crippen LogP contribution in [0.4, 0.5) is 0 Å². The number of rotatable bonds is 2. The van der Waals surface area contributed by atoms with Crippen LogP contribution in [0.3, 0.4) is 0 Å². The summed E-state index contributed by atoms with van der Waals surface area (Å²) in [7, 11) is 1.64. The third kappa shape index (κ3) is 2.31. The van der Waals surface area contributed by atoms with Crippen LogP contribution in [-0.2, 0) is 10.3 Å². The fourth-order valence-corrected chi connectivity index (χ4v) is 2.19. The zero-order chi connectivity index (χ0) is 12.6. The standard InChI is InChI=1S/C14H21NO2/c1-9-6-10(14(2,3)4)7-11-12(15-16-5)8-17-13(9)11/h6-7,12,15H,8H2,1-5H3. The lowest BCUT2D eigenvalue weighted by Crippen LogP contribution is -2.21.